The van der Waals surface area contributed by atoms with Gasteiger partial charge in [-0.2, -0.15) is 13.2 Å². The van der Waals surface area contributed by atoms with E-state index in [0.29, 0.717) is 4.60 Å². The van der Waals surface area contributed by atoms with Gasteiger partial charge in [0.2, 0.25) is 11.8 Å². The summed E-state index contributed by atoms with van der Waals surface area (Å²) in [6.07, 6.45) is -3.88. The van der Waals surface area contributed by atoms with Crippen LogP contribution in [0.2, 0.25) is 0 Å². The summed E-state index contributed by atoms with van der Waals surface area (Å²) in [6.45, 7) is -0.0396. The van der Waals surface area contributed by atoms with Gasteiger partial charge in [-0.05, 0) is 80.9 Å². The quantitative estimate of drug-likeness (QED) is 0.143. The first-order chi connectivity index (χ1) is 26.5. The van der Waals surface area contributed by atoms with Gasteiger partial charge in [0, 0.05) is 24.4 Å². The van der Waals surface area contributed by atoms with Gasteiger partial charge < -0.3 is 30.6 Å². The van der Waals surface area contributed by atoms with Crippen LogP contribution in [0.25, 0.3) is 33.1 Å². The van der Waals surface area contributed by atoms with Crippen molar-refractivity contribution in [3.63, 3.8) is 0 Å². The van der Waals surface area contributed by atoms with E-state index in [9.17, 15) is 27.6 Å². The number of nitrogens with one attached hydrogen (secondary N) is 2. The van der Waals surface area contributed by atoms with Crippen LogP contribution < -0.4 is 16.4 Å². The highest BCUT2D eigenvalue weighted by atomic mass is 79.9. The fourth-order valence-electron chi connectivity index (χ4n) is 7.66. The number of fused-ring (bicyclic) bond motifs is 6. The highest BCUT2D eigenvalue weighted by Gasteiger charge is 2.40. The largest absolute Gasteiger partial charge is 0.449 e. The van der Waals surface area contributed by atoms with Gasteiger partial charge >= 0.3 is 12.3 Å². The van der Waals surface area contributed by atoms with E-state index < -0.39 is 35.7 Å². The Morgan fingerprint density at radius 1 is 0.945 bits per heavy atom. The number of rotatable bonds is 8. The molecule has 8 rings (SSSR count). The molecule has 0 spiro atoms. The number of halogens is 4. The Labute approximate surface area is 320 Å². The lowest BCUT2D eigenvalue weighted by atomic mass is 9.98. The first-order valence-electron chi connectivity index (χ1n) is 17.4. The molecule has 6 aromatic rings. The minimum absolute atomic E-state index is 0.0418. The minimum atomic E-state index is -4.62. The molecule has 1 aliphatic heterocycles. The second-order valence-corrected chi connectivity index (χ2v) is 14.3. The van der Waals surface area contributed by atoms with Crippen molar-refractivity contribution in [1.82, 2.24) is 29.7 Å². The van der Waals surface area contributed by atoms with Crippen LogP contribution in [0.4, 0.5) is 29.6 Å². The number of hydrogen-bond donors (Lipinski definition) is 3. The van der Waals surface area contributed by atoms with E-state index in [-0.39, 0.29) is 78.1 Å². The van der Waals surface area contributed by atoms with Gasteiger partial charge in [-0.15, -0.1) is 0 Å². The third-order valence-electron chi connectivity index (χ3n) is 10.1. The number of ether oxygens (including phenoxy) is 1. The highest BCUT2D eigenvalue weighted by Crippen LogP contribution is 2.44. The maximum absolute atomic E-state index is 14.2. The molecule has 16 heteroatoms. The van der Waals surface area contributed by atoms with Crippen molar-refractivity contribution in [2.24, 2.45) is 5.92 Å². The maximum Gasteiger partial charge on any atom is 0.416 e. The molecular formula is C39H32BrF3N8O4. The van der Waals surface area contributed by atoms with Crippen LogP contribution in [0, 0.1) is 5.92 Å². The molecule has 2 aliphatic rings. The summed E-state index contributed by atoms with van der Waals surface area (Å²) in [5, 5.41) is 5.90. The molecule has 2 atom stereocenters. The normalized spacial score (nSPS) is 16.6. The third kappa shape index (κ3) is 6.93. The molecule has 1 aliphatic carbocycles. The Morgan fingerprint density at radius 2 is 1.67 bits per heavy atom. The molecule has 3 aromatic carbocycles. The SMILES string of the molecule is Nc1ncnc2c1c1cc(C(F)(F)F)ccc1n2CC(=O)N1C[C@H](CNC(=O)OCC2c3ccccc3-c3ccccc32)C[C@H]1C(=O)Nc1cccc(Br)n1. The lowest BCUT2D eigenvalue weighted by Crippen LogP contribution is -2.44. The monoisotopic (exact) mass is 812 g/mol. The number of benzene rings is 3. The van der Waals surface area contributed by atoms with E-state index in [1.54, 1.807) is 18.2 Å². The van der Waals surface area contributed by atoms with E-state index in [1.165, 1.54) is 21.9 Å². The topological polar surface area (TPSA) is 157 Å². The number of carbonyl (C=O) groups excluding carboxylic acids is 3. The van der Waals surface area contributed by atoms with Crippen molar-refractivity contribution in [1.29, 1.82) is 0 Å². The van der Waals surface area contributed by atoms with Crippen LogP contribution in [0.3, 0.4) is 0 Å². The van der Waals surface area contributed by atoms with Crippen molar-refractivity contribution in [3.8, 4) is 11.1 Å². The van der Waals surface area contributed by atoms with Crippen LogP contribution in [0.15, 0.2) is 95.9 Å². The van der Waals surface area contributed by atoms with Gasteiger partial charge in [0.25, 0.3) is 0 Å². The van der Waals surface area contributed by atoms with Crippen molar-refractivity contribution in [2.45, 2.75) is 31.1 Å². The van der Waals surface area contributed by atoms with E-state index in [2.05, 4.69) is 53.6 Å². The van der Waals surface area contributed by atoms with Crippen LogP contribution in [0.5, 0.6) is 0 Å². The van der Waals surface area contributed by atoms with Gasteiger partial charge in [-0.1, -0.05) is 54.6 Å². The Morgan fingerprint density at radius 3 is 2.38 bits per heavy atom. The number of carbonyl (C=O) groups is 3. The number of hydrogen-bond acceptors (Lipinski definition) is 8. The number of nitrogen functional groups attached to an aromatic ring is 1. The summed E-state index contributed by atoms with van der Waals surface area (Å²) < 4.78 is 48.8. The lowest BCUT2D eigenvalue weighted by Gasteiger charge is -2.24. The molecule has 12 nitrogen and oxygen atoms in total. The molecule has 1 saturated heterocycles. The average Bonchev–Trinajstić information content (AvgIpc) is 3.84. The molecule has 1 fully saturated rings. The fourth-order valence-corrected chi connectivity index (χ4v) is 8.00. The van der Waals surface area contributed by atoms with E-state index in [1.807, 2.05) is 36.4 Å². The predicted octanol–water partition coefficient (Wildman–Crippen LogP) is 6.74. The highest BCUT2D eigenvalue weighted by molar-refractivity contribution is 9.10. The molecule has 0 saturated carbocycles. The number of nitrogens with two attached hydrogens (primary N) is 1. The van der Waals surface area contributed by atoms with Crippen LogP contribution >= 0.6 is 15.9 Å². The average molecular weight is 814 g/mol. The molecule has 0 radical (unpaired) electrons. The number of likely N-dealkylation sites (tertiary alicyclic amines) is 1. The summed E-state index contributed by atoms with van der Waals surface area (Å²) >= 11 is 3.29. The van der Waals surface area contributed by atoms with E-state index in [4.69, 9.17) is 10.5 Å². The number of alkyl halides is 3. The van der Waals surface area contributed by atoms with Gasteiger partial charge in [0.1, 0.15) is 47.4 Å². The molecule has 0 bridgehead atoms. The summed E-state index contributed by atoms with van der Waals surface area (Å²) in [7, 11) is 0. The summed E-state index contributed by atoms with van der Waals surface area (Å²) in [4.78, 5) is 54.9. The summed E-state index contributed by atoms with van der Waals surface area (Å²) in [5.41, 5.74) is 10.0. The minimum Gasteiger partial charge on any atom is -0.449 e. The second kappa shape index (κ2) is 14.3. The van der Waals surface area contributed by atoms with Gasteiger partial charge in [-0.3, -0.25) is 9.59 Å². The molecule has 0 unspecified atom stereocenters. The first-order valence-corrected chi connectivity index (χ1v) is 18.2. The van der Waals surface area contributed by atoms with Crippen molar-refractivity contribution < 1.29 is 32.3 Å². The van der Waals surface area contributed by atoms with Crippen molar-refractivity contribution in [3.05, 3.63) is 113 Å². The standard InChI is InChI=1S/C39H32BrF3N8O4/c40-31-10-5-11-32(48-31)49-37(53)30-14-21(16-45-38(54)55-19-28-25-8-3-1-6-23(25)24-7-2-4-9-26(24)28)17-50(30)33(52)18-51-29-13-12-22(39(41,42)43)15-27(29)34-35(44)46-20-47-36(34)51/h1-13,15,20-21,28,30H,14,16-19H2,(H,45,54)(H2,44,46,47)(H,48,49,53)/t21-,30-/m0/s1. The zero-order chi connectivity index (χ0) is 38.4. The van der Waals surface area contributed by atoms with E-state index in [0.717, 1.165) is 34.4 Å². The summed E-state index contributed by atoms with van der Waals surface area (Å²) in [6, 6.07) is 23.2. The van der Waals surface area contributed by atoms with E-state index >= 15 is 0 Å². The lowest BCUT2D eigenvalue weighted by molar-refractivity contribution is -0.137. The second-order valence-electron chi connectivity index (χ2n) is 13.5. The molecule has 4 heterocycles. The Hall–Kier alpha value is -6.03. The fraction of sp³-hybridized carbons (Fsp3) is 0.231. The van der Waals surface area contributed by atoms with Gasteiger partial charge in [0.15, 0.2) is 0 Å². The van der Waals surface area contributed by atoms with Crippen LogP contribution in [-0.4, -0.2) is 68.1 Å². The summed E-state index contributed by atoms with van der Waals surface area (Å²) in [5.74, 6) is -1.24. The van der Waals surface area contributed by atoms with Crippen LogP contribution in [0.1, 0.15) is 29.0 Å². The number of pyridine rings is 1. The molecule has 55 heavy (non-hydrogen) atoms. The molecule has 4 N–H and O–H groups in total. The van der Waals surface area contributed by atoms with Crippen molar-refractivity contribution in [2.75, 3.05) is 30.7 Å². The zero-order valence-electron chi connectivity index (χ0n) is 28.9. The molecular weight excluding hydrogens is 781 g/mol. The molecule has 3 amide bonds. The number of nitrogens with zero attached hydrogens (tertiary/aromatic N) is 5. The molecule has 280 valence electrons. The Kier molecular flexibility index (Phi) is 9.37. The number of alkyl carbamates (subject to hydrolysis) is 1. The number of anilines is 2. The Bertz CT molecular complexity index is 2450. The number of amides is 3. The molecule has 3 aromatic heterocycles. The van der Waals surface area contributed by atoms with Crippen molar-refractivity contribution >= 4 is 67.4 Å². The Balaban J connectivity index is 1.01. The zero-order valence-corrected chi connectivity index (χ0v) is 30.5. The van der Waals surface area contributed by atoms with Gasteiger partial charge in [-0.25, -0.2) is 19.7 Å². The first kappa shape index (κ1) is 36.0. The third-order valence-corrected chi connectivity index (χ3v) is 10.6. The predicted molar refractivity (Wildman–Crippen MR) is 202 cm³/mol. The van der Waals surface area contributed by atoms with Crippen LogP contribution in [-0.2, 0) is 27.0 Å². The maximum atomic E-state index is 14.2. The van der Waals surface area contributed by atoms with Gasteiger partial charge in [0.05, 0.1) is 16.5 Å². The smallest absolute Gasteiger partial charge is 0.416 e. The number of aromatic nitrogens is 4.